The first-order valence-electron chi connectivity index (χ1n) is 9.05. The SMILES string of the molecule is CC1CCC(C(NN)C2(N3CCOCC3)CCCC2)CC1. The number of hydrogen-bond acceptors (Lipinski definition) is 4. The molecule has 1 aliphatic heterocycles. The molecule has 0 amide bonds. The van der Waals surface area contributed by atoms with Crippen LogP contribution in [0.3, 0.4) is 0 Å². The Bertz CT molecular complexity index is 316. The van der Waals surface area contributed by atoms with Gasteiger partial charge in [0.1, 0.15) is 0 Å². The van der Waals surface area contributed by atoms with E-state index in [-0.39, 0.29) is 0 Å². The number of nitrogens with one attached hydrogen (secondary N) is 1. The predicted octanol–water partition coefficient (Wildman–Crippen LogP) is 2.29. The van der Waals surface area contributed by atoms with Gasteiger partial charge in [0, 0.05) is 24.7 Å². The summed E-state index contributed by atoms with van der Waals surface area (Å²) in [5, 5.41) is 0. The molecule has 0 aromatic carbocycles. The fraction of sp³-hybridized carbons (Fsp3) is 1.00. The average molecular weight is 295 g/mol. The molecule has 2 saturated carbocycles. The van der Waals surface area contributed by atoms with Gasteiger partial charge >= 0.3 is 0 Å². The van der Waals surface area contributed by atoms with Crippen LogP contribution in [0.2, 0.25) is 0 Å². The first-order chi connectivity index (χ1) is 10.3. The quantitative estimate of drug-likeness (QED) is 0.617. The molecule has 3 N–H and O–H groups in total. The van der Waals surface area contributed by atoms with E-state index < -0.39 is 0 Å². The molecule has 2 aliphatic carbocycles. The van der Waals surface area contributed by atoms with E-state index in [1.807, 2.05) is 0 Å². The van der Waals surface area contributed by atoms with Crippen molar-refractivity contribution in [2.75, 3.05) is 26.3 Å². The summed E-state index contributed by atoms with van der Waals surface area (Å²) >= 11 is 0. The third-order valence-corrected chi connectivity index (χ3v) is 6.40. The van der Waals surface area contributed by atoms with Crippen LogP contribution in [0, 0.1) is 11.8 Å². The third kappa shape index (κ3) is 3.14. The van der Waals surface area contributed by atoms with E-state index in [1.165, 1.54) is 51.4 Å². The van der Waals surface area contributed by atoms with Crippen molar-refractivity contribution in [3.63, 3.8) is 0 Å². The summed E-state index contributed by atoms with van der Waals surface area (Å²) in [5.41, 5.74) is 3.58. The molecule has 1 atom stereocenters. The van der Waals surface area contributed by atoms with Crippen molar-refractivity contribution in [2.24, 2.45) is 17.7 Å². The van der Waals surface area contributed by atoms with Gasteiger partial charge in [-0.05, 0) is 37.5 Å². The lowest BCUT2D eigenvalue weighted by Crippen LogP contribution is -2.66. The number of hydrazine groups is 1. The Morgan fingerprint density at radius 1 is 1.10 bits per heavy atom. The lowest BCUT2D eigenvalue weighted by molar-refractivity contribution is -0.0484. The molecule has 3 rings (SSSR count). The fourth-order valence-electron chi connectivity index (χ4n) is 5.17. The zero-order chi connectivity index (χ0) is 14.7. The van der Waals surface area contributed by atoms with E-state index in [1.54, 1.807) is 0 Å². The number of hydrogen-bond donors (Lipinski definition) is 2. The van der Waals surface area contributed by atoms with E-state index in [4.69, 9.17) is 10.6 Å². The van der Waals surface area contributed by atoms with Gasteiger partial charge in [0.2, 0.25) is 0 Å². The molecule has 0 aromatic heterocycles. The van der Waals surface area contributed by atoms with Crippen LogP contribution in [0.5, 0.6) is 0 Å². The number of nitrogens with zero attached hydrogens (tertiary/aromatic N) is 1. The minimum atomic E-state index is 0.295. The molecule has 4 nitrogen and oxygen atoms in total. The van der Waals surface area contributed by atoms with Crippen molar-refractivity contribution in [3.05, 3.63) is 0 Å². The van der Waals surface area contributed by atoms with Gasteiger partial charge < -0.3 is 4.74 Å². The third-order valence-electron chi connectivity index (χ3n) is 6.40. The highest BCUT2D eigenvalue weighted by molar-refractivity contribution is 5.06. The maximum Gasteiger partial charge on any atom is 0.0594 e. The summed E-state index contributed by atoms with van der Waals surface area (Å²) < 4.78 is 5.58. The number of morpholine rings is 1. The Morgan fingerprint density at radius 3 is 2.29 bits per heavy atom. The zero-order valence-electron chi connectivity index (χ0n) is 13.7. The summed E-state index contributed by atoms with van der Waals surface area (Å²) in [6.07, 6.45) is 10.8. The predicted molar refractivity (Wildman–Crippen MR) is 85.8 cm³/mol. The molecule has 4 heteroatoms. The molecular weight excluding hydrogens is 262 g/mol. The normalized spacial score (nSPS) is 35.7. The topological polar surface area (TPSA) is 50.5 Å². The summed E-state index contributed by atoms with van der Waals surface area (Å²) in [6.45, 7) is 6.35. The Kier molecular flexibility index (Phi) is 5.20. The average Bonchev–Trinajstić information content (AvgIpc) is 3.01. The molecule has 0 bridgehead atoms. The van der Waals surface area contributed by atoms with Crippen LogP contribution in [0.25, 0.3) is 0 Å². The lowest BCUT2D eigenvalue weighted by Gasteiger charge is -2.51. The van der Waals surface area contributed by atoms with Crippen molar-refractivity contribution in [1.29, 1.82) is 0 Å². The number of nitrogens with two attached hydrogens (primary N) is 1. The molecule has 122 valence electrons. The monoisotopic (exact) mass is 295 g/mol. The molecule has 0 radical (unpaired) electrons. The van der Waals surface area contributed by atoms with Crippen LogP contribution in [-0.4, -0.2) is 42.8 Å². The van der Waals surface area contributed by atoms with E-state index >= 15 is 0 Å². The van der Waals surface area contributed by atoms with Crippen molar-refractivity contribution >= 4 is 0 Å². The van der Waals surface area contributed by atoms with Gasteiger partial charge in [-0.2, -0.15) is 0 Å². The van der Waals surface area contributed by atoms with Gasteiger partial charge in [-0.1, -0.05) is 32.6 Å². The zero-order valence-corrected chi connectivity index (χ0v) is 13.7. The van der Waals surface area contributed by atoms with Crippen LogP contribution in [0.4, 0.5) is 0 Å². The highest BCUT2D eigenvalue weighted by Crippen LogP contribution is 2.44. The van der Waals surface area contributed by atoms with Crippen molar-refractivity contribution in [3.8, 4) is 0 Å². The largest absolute Gasteiger partial charge is 0.379 e. The summed E-state index contributed by atoms with van der Waals surface area (Å²) in [4.78, 5) is 2.71. The Balaban J connectivity index is 1.77. The second-order valence-electron chi connectivity index (χ2n) is 7.57. The second kappa shape index (κ2) is 6.95. The van der Waals surface area contributed by atoms with Crippen LogP contribution in [0.15, 0.2) is 0 Å². The molecule has 3 aliphatic rings. The maximum absolute atomic E-state index is 6.10. The first-order valence-corrected chi connectivity index (χ1v) is 9.05. The van der Waals surface area contributed by atoms with Gasteiger partial charge in [-0.25, -0.2) is 0 Å². The number of rotatable bonds is 4. The molecule has 0 spiro atoms. The Morgan fingerprint density at radius 2 is 1.71 bits per heavy atom. The van der Waals surface area contributed by atoms with Crippen molar-refractivity contribution in [1.82, 2.24) is 10.3 Å². The van der Waals surface area contributed by atoms with Gasteiger partial charge in [0.05, 0.1) is 13.2 Å². The highest BCUT2D eigenvalue weighted by Gasteiger charge is 2.48. The first kappa shape index (κ1) is 15.7. The minimum Gasteiger partial charge on any atom is -0.379 e. The van der Waals surface area contributed by atoms with E-state index in [0.29, 0.717) is 11.6 Å². The minimum absolute atomic E-state index is 0.295. The van der Waals surface area contributed by atoms with Gasteiger partial charge in [0.15, 0.2) is 0 Å². The van der Waals surface area contributed by atoms with Gasteiger partial charge in [0.25, 0.3) is 0 Å². The molecule has 0 aromatic rings. The summed E-state index contributed by atoms with van der Waals surface area (Å²) in [7, 11) is 0. The molecular formula is C17H33N3O. The van der Waals surface area contributed by atoms with Crippen LogP contribution in [0.1, 0.15) is 58.3 Å². The van der Waals surface area contributed by atoms with Crippen LogP contribution < -0.4 is 11.3 Å². The van der Waals surface area contributed by atoms with Gasteiger partial charge in [-0.15, -0.1) is 0 Å². The Hall–Kier alpha value is -0.160. The molecule has 1 heterocycles. The molecule has 1 saturated heterocycles. The smallest absolute Gasteiger partial charge is 0.0594 e. The standard InChI is InChI=1S/C17H33N3O/c1-14-4-6-15(7-5-14)16(19-18)17(8-2-3-9-17)20-10-12-21-13-11-20/h14-16,19H,2-13,18H2,1H3. The van der Waals surface area contributed by atoms with E-state index in [9.17, 15) is 0 Å². The van der Waals surface area contributed by atoms with Crippen LogP contribution >= 0.6 is 0 Å². The fourth-order valence-corrected chi connectivity index (χ4v) is 5.17. The molecule has 3 fully saturated rings. The van der Waals surface area contributed by atoms with Crippen LogP contribution in [-0.2, 0) is 4.74 Å². The van der Waals surface area contributed by atoms with Gasteiger partial charge in [-0.3, -0.25) is 16.2 Å². The van der Waals surface area contributed by atoms with E-state index in [2.05, 4.69) is 17.2 Å². The lowest BCUT2D eigenvalue weighted by atomic mass is 9.71. The molecule has 1 unspecified atom stereocenters. The molecule has 21 heavy (non-hydrogen) atoms. The van der Waals surface area contributed by atoms with Crippen molar-refractivity contribution < 1.29 is 4.74 Å². The summed E-state index contributed by atoms with van der Waals surface area (Å²) in [6, 6.07) is 0.464. The highest BCUT2D eigenvalue weighted by atomic mass is 16.5. The van der Waals surface area contributed by atoms with Crippen molar-refractivity contribution in [2.45, 2.75) is 69.9 Å². The summed E-state index contributed by atoms with van der Waals surface area (Å²) in [5.74, 6) is 7.76. The maximum atomic E-state index is 6.10. The number of ether oxygens (including phenoxy) is 1. The Labute approximate surface area is 129 Å². The van der Waals surface area contributed by atoms with E-state index in [0.717, 1.165) is 38.1 Å². The second-order valence-corrected chi connectivity index (χ2v) is 7.57.